The third-order valence-electron chi connectivity index (χ3n) is 12.1. The molecule has 30 nitrogen and oxygen atoms in total. The van der Waals surface area contributed by atoms with E-state index in [4.69, 9.17) is 42.6 Å². The molecular formula is C37H61FN2O28. The molecule has 0 aromatic carbocycles. The summed E-state index contributed by atoms with van der Waals surface area (Å²) < 4.78 is 65.6. The number of carboxylic acids is 1. The van der Waals surface area contributed by atoms with Gasteiger partial charge in [0.05, 0.1) is 45.2 Å². The Morgan fingerprint density at radius 1 is 0.603 bits per heavy atom. The van der Waals surface area contributed by atoms with E-state index in [9.17, 15) is 100 Å². The van der Waals surface area contributed by atoms with Gasteiger partial charge in [-0.15, -0.1) is 0 Å². The van der Waals surface area contributed by atoms with E-state index in [0.29, 0.717) is 0 Å². The van der Waals surface area contributed by atoms with Gasteiger partial charge in [0.15, 0.2) is 18.9 Å². The van der Waals surface area contributed by atoms with Crippen LogP contribution < -0.4 is 10.6 Å². The van der Waals surface area contributed by atoms with Gasteiger partial charge in [-0.05, 0) is 0 Å². The first-order valence-corrected chi connectivity index (χ1v) is 21.2. The van der Waals surface area contributed by atoms with Gasteiger partial charge in [-0.1, -0.05) is 0 Å². The van der Waals surface area contributed by atoms with E-state index in [2.05, 4.69) is 10.6 Å². The third kappa shape index (κ3) is 11.8. The van der Waals surface area contributed by atoms with Gasteiger partial charge >= 0.3 is 5.97 Å². The number of amides is 2. The van der Waals surface area contributed by atoms with Gasteiger partial charge in [-0.2, -0.15) is 0 Å². The van der Waals surface area contributed by atoms with Crippen molar-refractivity contribution in [2.75, 3.05) is 33.0 Å². The molecule has 5 heterocycles. The minimum absolute atomic E-state index is 0.864. The van der Waals surface area contributed by atoms with Gasteiger partial charge in [0.25, 0.3) is 5.79 Å². The Bertz CT molecular complexity index is 1660. The van der Waals surface area contributed by atoms with Gasteiger partial charge in [-0.25, -0.2) is 9.18 Å². The maximum Gasteiger partial charge on any atom is 0.364 e. The van der Waals surface area contributed by atoms with E-state index in [1.165, 1.54) is 0 Å². The summed E-state index contributed by atoms with van der Waals surface area (Å²) in [4.78, 5) is 38.3. The highest BCUT2D eigenvalue weighted by Gasteiger charge is 2.62. The highest BCUT2D eigenvalue weighted by molar-refractivity contribution is 5.76. The largest absolute Gasteiger partial charge is 0.477 e. The Balaban J connectivity index is 1.61. The summed E-state index contributed by atoms with van der Waals surface area (Å²) in [5.74, 6) is -7.28. The Hall–Kier alpha value is -2.62. The smallest absolute Gasteiger partial charge is 0.364 e. The number of nitrogens with one attached hydrogen (secondary N) is 2. The molecule has 5 fully saturated rings. The zero-order valence-corrected chi connectivity index (χ0v) is 36.1. The van der Waals surface area contributed by atoms with Crippen molar-refractivity contribution >= 4 is 17.8 Å². The van der Waals surface area contributed by atoms with Crippen LogP contribution in [0.1, 0.15) is 20.3 Å². The summed E-state index contributed by atoms with van der Waals surface area (Å²) >= 11 is 0. The van der Waals surface area contributed by atoms with Crippen LogP contribution in [0.15, 0.2) is 0 Å². The van der Waals surface area contributed by atoms with E-state index >= 15 is 0 Å². The monoisotopic (exact) mass is 1000 g/mol. The topological polar surface area (TPSA) is 482 Å². The van der Waals surface area contributed by atoms with Crippen LogP contribution in [0.5, 0.6) is 0 Å². The number of aliphatic carboxylic acids is 1. The zero-order valence-electron chi connectivity index (χ0n) is 36.1. The fourth-order valence-corrected chi connectivity index (χ4v) is 8.51. The van der Waals surface area contributed by atoms with Crippen molar-refractivity contribution in [2.24, 2.45) is 0 Å². The second-order valence-electron chi connectivity index (χ2n) is 16.8. The summed E-state index contributed by atoms with van der Waals surface area (Å²) in [5.41, 5.74) is 0. The minimum Gasteiger partial charge on any atom is -0.477 e. The molecule has 0 aliphatic carbocycles. The molecule has 5 saturated heterocycles. The second kappa shape index (κ2) is 23.7. The molecule has 68 heavy (non-hydrogen) atoms. The van der Waals surface area contributed by atoms with Crippen molar-refractivity contribution in [3.63, 3.8) is 0 Å². The van der Waals surface area contributed by atoms with Crippen LogP contribution in [-0.4, -0.2) is 292 Å². The average Bonchev–Trinajstić information content (AvgIpc) is 3.29. The number of carbonyl (C=O) groups excluding carboxylic acids is 2. The SMILES string of the molecule is CC(=O)N[C@H]1[C@H](O[C@@H]2[C@H](O[C@]3(C(=O)O)C[C@H](O)[C@@H](NC(C)=O)[C@H]([C@@H](O)[C@H](O)CO)O3)[C@@H](O)[C@H](O[C@H]3[C@H](O)[C@@H](O)[C@@H](F)O[C@@H]3CO)O[C@@H]2CO)O[C@H](CO)[C@H](O)[C@@H]1O[C@@H]1O[C@H](CO)[C@H](O)[C@H](O)[C@H]1O. The molecule has 0 radical (unpaired) electrons. The van der Waals surface area contributed by atoms with Crippen molar-refractivity contribution in [2.45, 2.75) is 179 Å². The molecule has 0 unspecified atom stereocenters. The van der Waals surface area contributed by atoms with E-state index in [-0.39, 0.29) is 0 Å². The third-order valence-corrected chi connectivity index (χ3v) is 12.1. The molecule has 31 heteroatoms. The van der Waals surface area contributed by atoms with E-state index in [1.807, 2.05) is 0 Å². The van der Waals surface area contributed by atoms with Crippen molar-refractivity contribution < 1.29 is 143 Å². The number of aliphatic hydroxyl groups is 15. The molecule has 18 N–H and O–H groups in total. The number of aliphatic hydroxyl groups excluding tert-OH is 15. The molecule has 0 bridgehead atoms. The zero-order chi connectivity index (χ0) is 50.7. The molecule has 5 aliphatic rings. The lowest BCUT2D eigenvalue weighted by atomic mass is 9.88. The number of carboxylic acid groups (broad SMARTS) is 1. The van der Waals surface area contributed by atoms with Gasteiger partial charge < -0.3 is 135 Å². The highest BCUT2D eigenvalue weighted by Crippen LogP contribution is 2.40. The van der Waals surface area contributed by atoms with Crippen molar-refractivity contribution in [1.82, 2.24) is 10.6 Å². The van der Waals surface area contributed by atoms with Crippen LogP contribution in [0.25, 0.3) is 0 Å². The number of rotatable bonds is 18. The minimum atomic E-state index is -3.34. The number of ether oxygens (including phenoxy) is 9. The van der Waals surface area contributed by atoms with Crippen LogP contribution in [0.3, 0.4) is 0 Å². The summed E-state index contributed by atoms with van der Waals surface area (Å²) in [7, 11) is 0. The van der Waals surface area contributed by atoms with Crippen LogP contribution >= 0.6 is 0 Å². The number of carbonyl (C=O) groups is 3. The fourth-order valence-electron chi connectivity index (χ4n) is 8.51. The van der Waals surface area contributed by atoms with Crippen LogP contribution in [0.2, 0.25) is 0 Å². The quantitative estimate of drug-likeness (QED) is 0.0606. The molecular weight excluding hydrogens is 939 g/mol. The molecule has 394 valence electrons. The lowest BCUT2D eigenvalue weighted by molar-refractivity contribution is -0.401. The standard InChI is InChI=1S/C37H61FN2O28/c1-9(46)39-17-11(48)3-37(36(58)59,67-30(17)19(50)12(49)4-41)68-31-26(57)35(64-27-15(7-44)60-32(38)24(55)23(27)54)63-16(8-45)28(31)65-33-18(40-10(2)47)29(21(52)14(6-43)61-33)66-34-25(56)22(53)20(51)13(5-42)62-34/h11-35,41-45,48-57H,3-8H2,1-2H3,(H,39,46)(H,40,47)(H,58,59)/t11-,12+,13+,14+,15+,16+,17+,18+,19-,20-,21-,22-,23+,24+,25+,26+,27+,28-,29+,30+,31+,32-,33-,34-,35-,37-/m0/s1. The molecule has 5 rings (SSSR count). The highest BCUT2D eigenvalue weighted by atomic mass is 19.1. The fraction of sp³-hybridized carbons (Fsp3) is 0.919. The molecule has 2 amide bonds. The number of hydrogen-bond donors (Lipinski definition) is 18. The van der Waals surface area contributed by atoms with Crippen LogP contribution in [0, 0.1) is 0 Å². The maximum absolute atomic E-state index is 14.4. The molecule has 0 aromatic rings. The van der Waals surface area contributed by atoms with Gasteiger partial charge in [0.1, 0.15) is 116 Å². The number of alkyl halides is 1. The number of halogens is 1. The maximum atomic E-state index is 14.4. The molecule has 26 atom stereocenters. The summed E-state index contributed by atoms with van der Waals surface area (Å²) in [6, 6.07) is -3.61. The van der Waals surface area contributed by atoms with Gasteiger partial charge in [0, 0.05) is 20.3 Å². The summed E-state index contributed by atoms with van der Waals surface area (Å²) in [5, 5.41) is 175. The van der Waals surface area contributed by atoms with Gasteiger partial charge in [0.2, 0.25) is 18.2 Å². The normalized spacial score (nSPS) is 46.6. The lowest BCUT2D eigenvalue weighted by Crippen LogP contribution is -2.72. The number of hydrogen-bond acceptors (Lipinski definition) is 27. The lowest BCUT2D eigenvalue weighted by Gasteiger charge is -2.52. The van der Waals surface area contributed by atoms with Crippen LogP contribution in [-0.2, 0) is 57.0 Å². The van der Waals surface area contributed by atoms with Crippen molar-refractivity contribution in [3.8, 4) is 0 Å². The van der Waals surface area contributed by atoms with E-state index < -0.39 is 216 Å². The summed E-state index contributed by atoms with van der Waals surface area (Å²) in [6.45, 7) is -3.61. The first-order chi connectivity index (χ1) is 32.0. The predicted octanol–water partition coefficient (Wildman–Crippen LogP) is -11.5. The summed E-state index contributed by atoms with van der Waals surface area (Å²) in [6.07, 6.45) is -49.8. The Morgan fingerprint density at radius 3 is 1.66 bits per heavy atom. The molecule has 5 aliphatic heterocycles. The molecule has 0 aromatic heterocycles. The van der Waals surface area contributed by atoms with Gasteiger partial charge in [-0.3, -0.25) is 9.59 Å². The predicted molar refractivity (Wildman–Crippen MR) is 206 cm³/mol. The van der Waals surface area contributed by atoms with Crippen molar-refractivity contribution in [3.05, 3.63) is 0 Å². The Morgan fingerprint density at radius 2 is 1.10 bits per heavy atom. The first-order valence-electron chi connectivity index (χ1n) is 21.2. The first kappa shape index (κ1) is 56.3. The van der Waals surface area contributed by atoms with E-state index in [0.717, 1.165) is 13.8 Å². The average molecular weight is 1000 g/mol. The van der Waals surface area contributed by atoms with E-state index in [1.54, 1.807) is 0 Å². The Labute approximate surface area is 383 Å². The Kier molecular flexibility index (Phi) is 19.7. The second-order valence-corrected chi connectivity index (χ2v) is 16.8. The van der Waals surface area contributed by atoms with Crippen LogP contribution in [0.4, 0.5) is 4.39 Å². The van der Waals surface area contributed by atoms with Crippen molar-refractivity contribution in [1.29, 1.82) is 0 Å². The molecule has 0 spiro atoms. The molecule has 0 saturated carbocycles.